The van der Waals surface area contributed by atoms with Crippen molar-refractivity contribution in [1.82, 2.24) is 20.4 Å². The average Bonchev–Trinajstić information content (AvgIpc) is 3.13. The number of piperidine rings is 3. The van der Waals surface area contributed by atoms with E-state index >= 15 is 0 Å². The Morgan fingerprint density at radius 2 is 2.40 bits per heavy atom. The number of thiocarbonyl (C=S) groups is 1. The van der Waals surface area contributed by atoms with Crippen LogP contribution in [0.15, 0.2) is 35.5 Å². The Bertz CT molecular complexity index is 562. The minimum atomic E-state index is 0.600. The molecule has 3 aliphatic heterocycles. The summed E-state index contributed by atoms with van der Waals surface area (Å²) < 4.78 is 5.31. The van der Waals surface area contributed by atoms with Crippen molar-refractivity contribution in [3.8, 4) is 0 Å². The maximum atomic E-state index is 5.39. The molecule has 4 heterocycles. The van der Waals surface area contributed by atoms with Crippen LogP contribution in [0, 0.1) is 11.8 Å². The fraction of sp³-hybridized carbons (Fsp3) is 0.632. The fourth-order valence-electron chi connectivity index (χ4n) is 4.22. The zero-order valence-corrected chi connectivity index (χ0v) is 15.9. The highest BCUT2D eigenvalue weighted by molar-refractivity contribution is 7.80. The molecule has 4 rings (SSSR count). The van der Waals surface area contributed by atoms with Gasteiger partial charge in [-0.1, -0.05) is 6.08 Å². The lowest BCUT2D eigenvalue weighted by atomic mass is 9.75. The van der Waals surface area contributed by atoms with Crippen molar-refractivity contribution in [3.05, 3.63) is 36.8 Å². The lowest BCUT2D eigenvalue weighted by molar-refractivity contribution is -0.00669. The van der Waals surface area contributed by atoms with Gasteiger partial charge in [0.15, 0.2) is 5.11 Å². The molecule has 1 aromatic rings. The Labute approximate surface area is 156 Å². The lowest BCUT2D eigenvalue weighted by Crippen LogP contribution is -2.58. The second-order valence-corrected chi connectivity index (χ2v) is 7.75. The maximum Gasteiger partial charge on any atom is 0.166 e. The van der Waals surface area contributed by atoms with E-state index in [-0.39, 0.29) is 0 Å². The lowest BCUT2D eigenvalue weighted by Gasteiger charge is -2.50. The molecule has 0 aliphatic carbocycles. The van der Waals surface area contributed by atoms with Gasteiger partial charge in [-0.3, -0.25) is 4.90 Å². The number of rotatable bonds is 8. The third-order valence-electron chi connectivity index (χ3n) is 5.50. The van der Waals surface area contributed by atoms with Crippen LogP contribution in [0.3, 0.4) is 0 Å². The summed E-state index contributed by atoms with van der Waals surface area (Å²) >= 11 is 5.39. The summed E-state index contributed by atoms with van der Waals surface area (Å²) in [7, 11) is 2.20. The van der Waals surface area contributed by atoms with E-state index in [1.54, 1.807) is 6.26 Å². The quantitative estimate of drug-likeness (QED) is 0.545. The van der Waals surface area contributed by atoms with E-state index in [1.165, 1.54) is 32.5 Å². The predicted molar refractivity (Wildman–Crippen MR) is 105 cm³/mol. The smallest absolute Gasteiger partial charge is 0.166 e. The molecular weight excluding hydrogens is 332 g/mol. The van der Waals surface area contributed by atoms with E-state index in [2.05, 4.69) is 34.1 Å². The predicted octanol–water partition coefficient (Wildman–Crippen LogP) is 2.07. The summed E-state index contributed by atoms with van der Waals surface area (Å²) in [5, 5.41) is 7.31. The molecule has 25 heavy (non-hydrogen) atoms. The molecule has 0 radical (unpaired) electrons. The molecule has 5 nitrogen and oxygen atoms in total. The molecule has 4 unspecified atom stereocenters. The van der Waals surface area contributed by atoms with Crippen LogP contribution in [0.2, 0.25) is 0 Å². The maximum absolute atomic E-state index is 5.39. The topological polar surface area (TPSA) is 43.7 Å². The van der Waals surface area contributed by atoms with Crippen LogP contribution < -0.4 is 10.6 Å². The fourth-order valence-corrected chi connectivity index (χ4v) is 4.37. The molecule has 138 valence electrons. The van der Waals surface area contributed by atoms with Crippen molar-refractivity contribution in [2.45, 2.75) is 25.4 Å². The first-order valence-corrected chi connectivity index (χ1v) is 9.64. The summed E-state index contributed by atoms with van der Waals surface area (Å²) in [6, 6.07) is 4.44. The summed E-state index contributed by atoms with van der Waals surface area (Å²) in [6.45, 7) is 9.99. The van der Waals surface area contributed by atoms with Crippen molar-refractivity contribution in [1.29, 1.82) is 0 Å². The monoisotopic (exact) mass is 362 g/mol. The van der Waals surface area contributed by atoms with Crippen LogP contribution >= 0.6 is 12.2 Å². The molecule has 0 spiro atoms. The van der Waals surface area contributed by atoms with Crippen molar-refractivity contribution < 1.29 is 4.42 Å². The number of nitrogens with one attached hydrogen (secondary N) is 2. The summed E-state index contributed by atoms with van der Waals surface area (Å²) in [4.78, 5) is 5.04. The van der Waals surface area contributed by atoms with Crippen LogP contribution in [0.5, 0.6) is 0 Å². The molecule has 3 fully saturated rings. The second-order valence-electron chi connectivity index (χ2n) is 7.35. The van der Waals surface area contributed by atoms with Gasteiger partial charge >= 0.3 is 0 Å². The van der Waals surface area contributed by atoms with Crippen LogP contribution in [0.25, 0.3) is 0 Å². The summed E-state index contributed by atoms with van der Waals surface area (Å²) in [5.41, 5.74) is 0. The number of likely N-dealkylation sites (N-methyl/N-ethyl adjacent to an activating group) is 1. The van der Waals surface area contributed by atoms with E-state index in [1.807, 2.05) is 18.2 Å². The highest BCUT2D eigenvalue weighted by Gasteiger charge is 2.39. The third-order valence-corrected chi connectivity index (χ3v) is 5.79. The van der Waals surface area contributed by atoms with Gasteiger partial charge in [0.25, 0.3) is 0 Å². The number of nitrogens with zero attached hydrogens (tertiary/aromatic N) is 2. The Hall–Kier alpha value is -1.37. The van der Waals surface area contributed by atoms with Gasteiger partial charge in [0, 0.05) is 32.2 Å². The Morgan fingerprint density at radius 3 is 3.08 bits per heavy atom. The Balaban J connectivity index is 1.40. The van der Waals surface area contributed by atoms with Crippen molar-refractivity contribution in [2.75, 3.05) is 39.8 Å². The van der Waals surface area contributed by atoms with Crippen molar-refractivity contribution >= 4 is 17.3 Å². The highest BCUT2D eigenvalue weighted by Crippen LogP contribution is 2.36. The van der Waals surface area contributed by atoms with Gasteiger partial charge in [-0.15, -0.1) is 6.58 Å². The minimum absolute atomic E-state index is 0.600. The van der Waals surface area contributed by atoms with Gasteiger partial charge in [0.2, 0.25) is 0 Å². The molecule has 3 aliphatic rings. The highest BCUT2D eigenvalue weighted by atomic mass is 32.1. The van der Waals surface area contributed by atoms with Gasteiger partial charge in [-0.25, -0.2) is 0 Å². The van der Waals surface area contributed by atoms with E-state index < -0.39 is 0 Å². The molecule has 2 bridgehead atoms. The molecule has 3 saturated heterocycles. The van der Waals surface area contributed by atoms with Crippen molar-refractivity contribution in [2.24, 2.45) is 11.8 Å². The zero-order valence-electron chi connectivity index (χ0n) is 15.1. The van der Waals surface area contributed by atoms with Crippen LogP contribution in [-0.2, 0) is 6.54 Å². The SMILES string of the molecule is C=CCN(C)CC1CN2CCC1CC2CNC(=S)NCc1ccco1. The first-order chi connectivity index (χ1) is 12.2. The van der Waals surface area contributed by atoms with Crippen molar-refractivity contribution in [3.63, 3.8) is 0 Å². The van der Waals surface area contributed by atoms with Crippen LogP contribution in [0.1, 0.15) is 18.6 Å². The van der Waals surface area contributed by atoms with Crippen LogP contribution in [0.4, 0.5) is 0 Å². The van der Waals surface area contributed by atoms with Gasteiger partial charge < -0.3 is 20.0 Å². The van der Waals surface area contributed by atoms with Gasteiger partial charge in [0.05, 0.1) is 12.8 Å². The second kappa shape index (κ2) is 8.83. The summed E-state index contributed by atoms with van der Waals surface area (Å²) in [6.07, 6.45) is 6.29. The standard InChI is InChI=1S/C19H30N4OS/c1-3-7-22(2)13-16-14-23-8-6-15(16)10-17(23)11-20-19(25)21-12-18-5-4-9-24-18/h3-5,9,15-17H,1,6-8,10-14H2,2H3,(H2,20,21,25). The first-order valence-electron chi connectivity index (χ1n) is 9.23. The number of hydrogen-bond acceptors (Lipinski definition) is 4. The molecular formula is C19H30N4OS. The molecule has 4 atom stereocenters. The average molecular weight is 363 g/mol. The zero-order chi connectivity index (χ0) is 17.6. The number of fused-ring (bicyclic) bond motifs is 3. The summed E-state index contributed by atoms with van der Waals surface area (Å²) in [5.74, 6) is 2.53. The molecule has 6 heteroatoms. The normalized spacial score (nSPS) is 28.1. The van der Waals surface area contributed by atoms with E-state index in [4.69, 9.17) is 16.6 Å². The molecule has 1 aromatic heterocycles. The van der Waals surface area contributed by atoms with E-state index in [9.17, 15) is 0 Å². The molecule has 0 aromatic carbocycles. The van der Waals surface area contributed by atoms with Gasteiger partial charge in [-0.05, 0) is 62.6 Å². The largest absolute Gasteiger partial charge is 0.467 e. The van der Waals surface area contributed by atoms with E-state index in [0.29, 0.717) is 17.7 Å². The molecule has 0 amide bonds. The Kier molecular flexibility index (Phi) is 6.51. The minimum Gasteiger partial charge on any atom is -0.467 e. The number of furan rings is 1. The Morgan fingerprint density at radius 1 is 1.52 bits per heavy atom. The first kappa shape index (κ1) is 18.4. The third kappa shape index (κ3) is 5.06. The van der Waals surface area contributed by atoms with Crippen LogP contribution in [-0.4, -0.2) is 60.7 Å². The molecule has 2 N–H and O–H groups in total. The molecule has 0 saturated carbocycles. The number of hydrogen-bond donors (Lipinski definition) is 2. The van der Waals surface area contributed by atoms with E-state index in [0.717, 1.165) is 30.7 Å². The van der Waals surface area contributed by atoms with Gasteiger partial charge in [0.1, 0.15) is 5.76 Å². The van der Waals surface area contributed by atoms with Gasteiger partial charge in [-0.2, -0.15) is 0 Å².